The topological polar surface area (TPSA) is 43.8 Å². The molecule has 3 nitrogen and oxygen atoms in total. The third kappa shape index (κ3) is 2.52. The summed E-state index contributed by atoms with van der Waals surface area (Å²) in [6.07, 6.45) is 1.67. The van der Waals surface area contributed by atoms with Gasteiger partial charge in [0.15, 0.2) is 0 Å². The van der Waals surface area contributed by atoms with Gasteiger partial charge in [-0.1, -0.05) is 32.4 Å². The highest BCUT2D eigenvalue weighted by atomic mass is 35.5. The van der Waals surface area contributed by atoms with Crippen molar-refractivity contribution in [1.29, 1.82) is 0 Å². The van der Waals surface area contributed by atoms with Crippen LogP contribution in [0.3, 0.4) is 0 Å². The summed E-state index contributed by atoms with van der Waals surface area (Å²) in [5.41, 5.74) is 7.17. The summed E-state index contributed by atoms with van der Waals surface area (Å²) in [6, 6.07) is -0.0417. The monoisotopic (exact) mass is 229 g/mol. The Balaban J connectivity index is 2.98. The van der Waals surface area contributed by atoms with E-state index in [1.807, 2.05) is 11.6 Å². The summed E-state index contributed by atoms with van der Waals surface area (Å²) >= 11 is 6.10. The molecule has 0 amide bonds. The molecule has 1 aromatic heterocycles. The average Bonchev–Trinajstić information content (AvgIpc) is 2.57. The zero-order valence-corrected chi connectivity index (χ0v) is 10.6. The standard InChI is InChI=1S/C11H20ClN3/c1-5-15-11(9(12)6-14-15)10(13)8(4)7(2)3/h6-8,10H,5,13H2,1-4H3. The summed E-state index contributed by atoms with van der Waals surface area (Å²) < 4.78 is 1.88. The van der Waals surface area contributed by atoms with Gasteiger partial charge in [-0.3, -0.25) is 4.68 Å². The number of nitrogens with zero attached hydrogens (tertiary/aromatic N) is 2. The highest BCUT2D eigenvalue weighted by Gasteiger charge is 2.23. The molecule has 0 aliphatic heterocycles. The van der Waals surface area contributed by atoms with Crippen LogP contribution in [0.1, 0.15) is 39.4 Å². The van der Waals surface area contributed by atoms with E-state index in [-0.39, 0.29) is 6.04 Å². The first-order valence-electron chi connectivity index (χ1n) is 5.45. The lowest BCUT2D eigenvalue weighted by atomic mass is 9.89. The van der Waals surface area contributed by atoms with Crippen LogP contribution < -0.4 is 5.73 Å². The fraction of sp³-hybridized carbons (Fsp3) is 0.727. The molecule has 2 unspecified atom stereocenters. The SMILES string of the molecule is CCn1ncc(Cl)c1C(N)C(C)C(C)C. The predicted octanol–water partition coefficient (Wildman–Crippen LogP) is 2.85. The maximum Gasteiger partial charge on any atom is 0.0834 e. The van der Waals surface area contributed by atoms with E-state index in [0.717, 1.165) is 12.2 Å². The summed E-state index contributed by atoms with van der Waals surface area (Å²) in [5.74, 6) is 0.931. The van der Waals surface area contributed by atoms with Gasteiger partial charge in [-0.25, -0.2) is 0 Å². The van der Waals surface area contributed by atoms with Crippen LogP contribution in [0.5, 0.6) is 0 Å². The van der Waals surface area contributed by atoms with Crippen LogP contribution in [-0.2, 0) is 6.54 Å². The van der Waals surface area contributed by atoms with E-state index < -0.39 is 0 Å². The highest BCUT2D eigenvalue weighted by Crippen LogP contribution is 2.30. The van der Waals surface area contributed by atoms with E-state index in [1.54, 1.807) is 6.20 Å². The van der Waals surface area contributed by atoms with Gasteiger partial charge in [0, 0.05) is 6.54 Å². The van der Waals surface area contributed by atoms with Gasteiger partial charge in [0.1, 0.15) is 0 Å². The minimum Gasteiger partial charge on any atom is -0.322 e. The second-order valence-corrected chi connectivity index (χ2v) is 4.73. The Labute approximate surface area is 96.6 Å². The van der Waals surface area contributed by atoms with Crippen molar-refractivity contribution in [2.24, 2.45) is 17.6 Å². The van der Waals surface area contributed by atoms with Crippen molar-refractivity contribution >= 4 is 11.6 Å². The van der Waals surface area contributed by atoms with Gasteiger partial charge < -0.3 is 5.73 Å². The molecule has 15 heavy (non-hydrogen) atoms. The van der Waals surface area contributed by atoms with Crippen LogP contribution in [-0.4, -0.2) is 9.78 Å². The lowest BCUT2D eigenvalue weighted by molar-refractivity contribution is 0.337. The van der Waals surface area contributed by atoms with Crippen molar-refractivity contribution in [2.75, 3.05) is 0 Å². The van der Waals surface area contributed by atoms with Crippen LogP contribution in [0, 0.1) is 11.8 Å². The van der Waals surface area contributed by atoms with E-state index in [1.165, 1.54) is 0 Å². The predicted molar refractivity (Wildman–Crippen MR) is 63.8 cm³/mol. The fourth-order valence-corrected chi connectivity index (χ4v) is 1.89. The number of aromatic nitrogens is 2. The van der Waals surface area contributed by atoms with Gasteiger partial charge in [0.25, 0.3) is 0 Å². The van der Waals surface area contributed by atoms with Crippen molar-refractivity contribution in [3.63, 3.8) is 0 Å². The third-order valence-electron chi connectivity index (χ3n) is 3.07. The average molecular weight is 230 g/mol. The molecule has 1 heterocycles. The quantitative estimate of drug-likeness (QED) is 0.863. The summed E-state index contributed by atoms with van der Waals surface area (Å²) in [7, 11) is 0. The summed E-state index contributed by atoms with van der Waals surface area (Å²) in [4.78, 5) is 0. The van der Waals surface area contributed by atoms with E-state index in [2.05, 4.69) is 25.9 Å². The number of halogens is 1. The second-order valence-electron chi connectivity index (χ2n) is 4.32. The normalized spacial score (nSPS) is 15.7. The lowest BCUT2D eigenvalue weighted by Crippen LogP contribution is -2.26. The zero-order chi connectivity index (χ0) is 11.6. The molecule has 0 aliphatic carbocycles. The van der Waals surface area contributed by atoms with Gasteiger partial charge in [0.2, 0.25) is 0 Å². The van der Waals surface area contributed by atoms with E-state index in [9.17, 15) is 0 Å². The molecule has 2 N–H and O–H groups in total. The molecule has 4 heteroatoms. The van der Waals surface area contributed by atoms with Crippen LogP contribution in [0.2, 0.25) is 5.02 Å². The first-order valence-corrected chi connectivity index (χ1v) is 5.83. The molecule has 0 saturated carbocycles. The number of aryl methyl sites for hydroxylation is 1. The molecule has 0 fully saturated rings. The molecule has 0 aliphatic rings. The molecule has 86 valence electrons. The molecule has 0 spiro atoms. The molecule has 1 aromatic rings. The lowest BCUT2D eigenvalue weighted by Gasteiger charge is -2.24. The first kappa shape index (κ1) is 12.5. The first-order chi connectivity index (χ1) is 6.99. The van der Waals surface area contributed by atoms with Crippen LogP contribution >= 0.6 is 11.6 Å². The molecule has 2 atom stereocenters. The van der Waals surface area contributed by atoms with E-state index in [0.29, 0.717) is 16.9 Å². The maximum atomic E-state index is 6.22. The molecule has 0 saturated heterocycles. The third-order valence-corrected chi connectivity index (χ3v) is 3.36. The molecule has 0 radical (unpaired) electrons. The van der Waals surface area contributed by atoms with E-state index in [4.69, 9.17) is 17.3 Å². The Morgan fingerprint density at radius 2 is 2.07 bits per heavy atom. The van der Waals surface area contributed by atoms with Gasteiger partial charge >= 0.3 is 0 Å². The Hall–Kier alpha value is -0.540. The Morgan fingerprint density at radius 1 is 1.47 bits per heavy atom. The van der Waals surface area contributed by atoms with Crippen molar-refractivity contribution in [3.05, 3.63) is 16.9 Å². The van der Waals surface area contributed by atoms with Gasteiger partial charge in [-0.15, -0.1) is 0 Å². The second kappa shape index (κ2) is 4.99. The minimum atomic E-state index is -0.0417. The van der Waals surface area contributed by atoms with Crippen LogP contribution in [0.4, 0.5) is 0 Å². The van der Waals surface area contributed by atoms with Gasteiger partial charge in [-0.05, 0) is 18.8 Å². The van der Waals surface area contributed by atoms with Crippen molar-refractivity contribution in [2.45, 2.75) is 40.3 Å². The molecule has 1 rings (SSSR count). The van der Waals surface area contributed by atoms with Gasteiger partial charge in [0.05, 0.1) is 23.0 Å². The molecular weight excluding hydrogens is 210 g/mol. The molecule has 0 bridgehead atoms. The Bertz CT molecular complexity index is 320. The van der Waals surface area contributed by atoms with Gasteiger partial charge in [-0.2, -0.15) is 5.10 Å². The molecular formula is C11H20ClN3. The Morgan fingerprint density at radius 3 is 2.53 bits per heavy atom. The Kier molecular flexibility index (Phi) is 4.17. The highest BCUT2D eigenvalue weighted by molar-refractivity contribution is 6.31. The number of rotatable bonds is 4. The van der Waals surface area contributed by atoms with E-state index >= 15 is 0 Å². The smallest absolute Gasteiger partial charge is 0.0834 e. The molecule has 0 aromatic carbocycles. The summed E-state index contributed by atoms with van der Waals surface area (Å²) in [5, 5.41) is 4.88. The van der Waals surface area contributed by atoms with Crippen LogP contribution in [0.25, 0.3) is 0 Å². The summed E-state index contributed by atoms with van der Waals surface area (Å²) in [6.45, 7) is 9.34. The number of hydrogen-bond acceptors (Lipinski definition) is 2. The minimum absolute atomic E-state index is 0.0417. The maximum absolute atomic E-state index is 6.22. The van der Waals surface area contributed by atoms with Crippen molar-refractivity contribution in [1.82, 2.24) is 9.78 Å². The zero-order valence-electron chi connectivity index (χ0n) is 9.87. The van der Waals surface area contributed by atoms with Crippen molar-refractivity contribution < 1.29 is 0 Å². The number of hydrogen-bond donors (Lipinski definition) is 1. The fourth-order valence-electron chi connectivity index (χ4n) is 1.62. The largest absolute Gasteiger partial charge is 0.322 e. The van der Waals surface area contributed by atoms with Crippen molar-refractivity contribution in [3.8, 4) is 0 Å². The van der Waals surface area contributed by atoms with Crippen LogP contribution in [0.15, 0.2) is 6.20 Å². The number of nitrogens with two attached hydrogens (primary N) is 1.